The maximum Gasteiger partial charge on any atom is 0.407 e. The van der Waals surface area contributed by atoms with Gasteiger partial charge in [-0.3, -0.25) is 9.59 Å². The summed E-state index contributed by atoms with van der Waals surface area (Å²) in [4.78, 5) is 38.8. The van der Waals surface area contributed by atoms with Crippen LogP contribution in [0.15, 0.2) is 24.3 Å². The van der Waals surface area contributed by atoms with E-state index < -0.39 is 6.09 Å². The van der Waals surface area contributed by atoms with Crippen LogP contribution in [-0.2, 0) is 20.7 Å². The van der Waals surface area contributed by atoms with Gasteiger partial charge in [0, 0.05) is 31.6 Å². The first-order valence-corrected chi connectivity index (χ1v) is 9.94. The highest BCUT2D eigenvalue weighted by molar-refractivity contribution is 5.98. The van der Waals surface area contributed by atoms with Crippen molar-refractivity contribution in [3.05, 3.63) is 29.8 Å². The Morgan fingerprint density at radius 1 is 1.25 bits per heavy atom. The van der Waals surface area contributed by atoms with Crippen LogP contribution >= 0.6 is 0 Å². The summed E-state index contributed by atoms with van der Waals surface area (Å²) in [5, 5.41) is 5.43. The van der Waals surface area contributed by atoms with Crippen molar-refractivity contribution in [2.24, 2.45) is 5.92 Å². The lowest BCUT2D eigenvalue weighted by Crippen LogP contribution is -2.52. The van der Waals surface area contributed by atoms with Crippen molar-refractivity contribution in [1.29, 1.82) is 0 Å². The van der Waals surface area contributed by atoms with Gasteiger partial charge in [-0.05, 0) is 24.5 Å². The molecule has 1 aromatic carbocycles. The fraction of sp³-hybridized carbons (Fsp3) is 0.571. The SMILES string of the molecule is CCCCC[C@@H](CC(=O)NC)C(=O)N1CC(NC(=O)OC)Cc2ccccc21. The summed E-state index contributed by atoms with van der Waals surface area (Å²) in [6.07, 6.45) is 3.95. The van der Waals surface area contributed by atoms with Crippen LogP contribution in [0.25, 0.3) is 0 Å². The average Bonchev–Trinajstić information content (AvgIpc) is 2.71. The van der Waals surface area contributed by atoms with Crippen LogP contribution in [0, 0.1) is 5.92 Å². The van der Waals surface area contributed by atoms with Gasteiger partial charge in [0.15, 0.2) is 0 Å². The number of carbonyl (C=O) groups is 3. The third kappa shape index (κ3) is 5.71. The van der Waals surface area contributed by atoms with Crippen LogP contribution in [0.2, 0.25) is 0 Å². The second-order valence-electron chi connectivity index (χ2n) is 7.18. The van der Waals surface area contributed by atoms with Crippen LogP contribution in [0.1, 0.15) is 44.6 Å². The van der Waals surface area contributed by atoms with Crippen LogP contribution in [-0.4, -0.2) is 44.7 Å². The first-order valence-electron chi connectivity index (χ1n) is 9.94. The molecule has 1 aliphatic rings. The van der Waals surface area contributed by atoms with Gasteiger partial charge in [0.25, 0.3) is 0 Å². The lowest BCUT2D eigenvalue weighted by atomic mass is 9.92. The molecule has 1 unspecified atom stereocenters. The summed E-state index contributed by atoms with van der Waals surface area (Å²) in [5.41, 5.74) is 1.85. The zero-order valence-electron chi connectivity index (χ0n) is 17.0. The number of hydrogen-bond acceptors (Lipinski definition) is 4. The number of fused-ring (bicyclic) bond motifs is 1. The number of para-hydroxylation sites is 1. The van der Waals surface area contributed by atoms with Gasteiger partial charge < -0.3 is 20.3 Å². The predicted octanol–water partition coefficient (Wildman–Crippen LogP) is 2.63. The molecule has 0 aliphatic carbocycles. The molecule has 28 heavy (non-hydrogen) atoms. The van der Waals surface area contributed by atoms with E-state index in [1.54, 1.807) is 11.9 Å². The Morgan fingerprint density at radius 3 is 2.68 bits per heavy atom. The molecule has 0 saturated carbocycles. The second-order valence-corrected chi connectivity index (χ2v) is 7.18. The smallest absolute Gasteiger partial charge is 0.407 e. The highest BCUT2D eigenvalue weighted by atomic mass is 16.5. The molecule has 154 valence electrons. The van der Waals surface area contributed by atoms with Crippen molar-refractivity contribution >= 4 is 23.6 Å². The summed E-state index contributed by atoms with van der Waals surface area (Å²) in [7, 11) is 2.91. The van der Waals surface area contributed by atoms with Gasteiger partial charge in [0.05, 0.1) is 13.2 Å². The first-order chi connectivity index (χ1) is 13.5. The molecule has 0 aromatic heterocycles. The van der Waals surface area contributed by atoms with E-state index in [0.29, 0.717) is 19.4 Å². The van der Waals surface area contributed by atoms with Crippen LogP contribution in [0.4, 0.5) is 10.5 Å². The number of nitrogens with zero attached hydrogens (tertiary/aromatic N) is 1. The number of alkyl carbamates (subject to hydrolysis) is 1. The molecule has 2 N–H and O–H groups in total. The Labute approximate surface area is 166 Å². The summed E-state index contributed by atoms with van der Waals surface area (Å²) >= 11 is 0. The predicted molar refractivity (Wildman–Crippen MR) is 108 cm³/mol. The molecule has 7 heteroatoms. The van der Waals surface area contributed by atoms with Crippen LogP contribution in [0.3, 0.4) is 0 Å². The molecule has 0 bridgehead atoms. The van der Waals surface area contributed by atoms with Gasteiger partial charge in [-0.2, -0.15) is 0 Å². The standard InChI is InChI=1S/C21H31N3O4/c1-4-5-6-10-16(13-19(25)22-2)20(26)24-14-17(23-21(27)28-3)12-15-9-7-8-11-18(15)24/h7-9,11,16-17H,4-6,10,12-14H2,1-3H3,(H,22,25)(H,23,27)/t16-,17?/m0/s1. The number of hydrogen-bond donors (Lipinski definition) is 2. The number of nitrogens with one attached hydrogen (secondary N) is 2. The third-order valence-corrected chi connectivity index (χ3v) is 5.14. The molecular weight excluding hydrogens is 358 g/mol. The summed E-state index contributed by atoms with van der Waals surface area (Å²) < 4.78 is 4.71. The van der Waals surface area contributed by atoms with E-state index in [1.807, 2.05) is 24.3 Å². The number of ether oxygens (including phenoxy) is 1. The lowest BCUT2D eigenvalue weighted by molar-refractivity contribution is -0.128. The molecule has 0 saturated heterocycles. The van der Waals surface area contributed by atoms with E-state index in [9.17, 15) is 14.4 Å². The van der Waals surface area contributed by atoms with Gasteiger partial charge in [-0.1, -0.05) is 44.4 Å². The molecule has 2 atom stereocenters. The number of rotatable bonds is 8. The van der Waals surface area contributed by atoms with E-state index in [2.05, 4.69) is 17.6 Å². The number of methoxy groups -OCH3 is 1. The van der Waals surface area contributed by atoms with Gasteiger partial charge >= 0.3 is 6.09 Å². The molecule has 0 radical (unpaired) electrons. The molecule has 0 spiro atoms. The quantitative estimate of drug-likeness (QED) is 0.669. The number of benzene rings is 1. The molecule has 1 heterocycles. The van der Waals surface area contributed by atoms with E-state index in [1.165, 1.54) is 7.11 Å². The summed E-state index contributed by atoms with van der Waals surface area (Å²) in [5.74, 6) is -0.579. The topological polar surface area (TPSA) is 87.7 Å². The van der Waals surface area contributed by atoms with Gasteiger partial charge in [-0.25, -0.2) is 4.79 Å². The highest BCUT2D eigenvalue weighted by Gasteiger charge is 2.33. The molecule has 3 amide bonds. The van der Waals surface area contributed by atoms with Gasteiger partial charge in [-0.15, -0.1) is 0 Å². The van der Waals surface area contributed by atoms with Crippen molar-refractivity contribution in [1.82, 2.24) is 10.6 Å². The van der Waals surface area contributed by atoms with Crippen molar-refractivity contribution < 1.29 is 19.1 Å². The minimum Gasteiger partial charge on any atom is -0.453 e. The summed E-state index contributed by atoms with van der Waals surface area (Å²) in [6.45, 7) is 2.47. The Morgan fingerprint density at radius 2 is 2.00 bits per heavy atom. The highest BCUT2D eigenvalue weighted by Crippen LogP contribution is 2.30. The summed E-state index contributed by atoms with van der Waals surface area (Å²) in [6, 6.07) is 7.47. The monoisotopic (exact) mass is 389 g/mol. The first kappa shape index (κ1) is 21.7. The fourth-order valence-corrected chi connectivity index (χ4v) is 3.63. The molecule has 0 fully saturated rings. The van der Waals surface area contributed by atoms with Crippen molar-refractivity contribution in [3.8, 4) is 0 Å². The maximum atomic E-state index is 13.4. The van der Waals surface area contributed by atoms with Crippen LogP contribution in [0.5, 0.6) is 0 Å². The Kier molecular flexibility index (Phi) is 8.29. The van der Waals surface area contributed by atoms with E-state index in [4.69, 9.17) is 4.74 Å². The zero-order chi connectivity index (χ0) is 20.5. The molecule has 7 nitrogen and oxygen atoms in total. The molecule has 1 aromatic rings. The number of carbonyl (C=O) groups excluding carboxylic acids is 3. The van der Waals surface area contributed by atoms with E-state index in [-0.39, 0.29) is 30.2 Å². The Hall–Kier alpha value is -2.57. The largest absolute Gasteiger partial charge is 0.453 e. The normalized spacial score (nSPS) is 16.7. The minimum absolute atomic E-state index is 0.0662. The van der Waals surface area contributed by atoms with Crippen LogP contribution < -0.4 is 15.5 Å². The maximum absolute atomic E-state index is 13.4. The Balaban J connectivity index is 2.24. The van der Waals surface area contributed by atoms with Crippen molar-refractivity contribution in [3.63, 3.8) is 0 Å². The molecule has 1 aliphatic heterocycles. The van der Waals surface area contributed by atoms with Gasteiger partial charge in [0.1, 0.15) is 0 Å². The Bertz CT molecular complexity index is 692. The van der Waals surface area contributed by atoms with E-state index in [0.717, 1.165) is 30.5 Å². The third-order valence-electron chi connectivity index (χ3n) is 5.14. The number of anilines is 1. The molecular formula is C21H31N3O4. The average molecular weight is 389 g/mol. The van der Waals surface area contributed by atoms with Gasteiger partial charge in [0.2, 0.25) is 11.8 Å². The molecule has 2 rings (SSSR count). The van der Waals surface area contributed by atoms with E-state index >= 15 is 0 Å². The second kappa shape index (κ2) is 10.7. The number of amides is 3. The minimum atomic E-state index is -0.512. The lowest BCUT2D eigenvalue weighted by Gasteiger charge is -2.36. The van der Waals surface area contributed by atoms with Crippen molar-refractivity contribution in [2.75, 3.05) is 25.6 Å². The fourth-order valence-electron chi connectivity index (χ4n) is 3.63. The zero-order valence-corrected chi connectivity index (χ0v) is 17.0. The number of unbranched alkanes of at least 4 members (excludes halogenated alkanes) is 2. The van der Waals surface area contributed by atoms with Crippen molar-refractivity contribution in [2.45, 2.75) is 51.5 Å².